The van der Waals surface area contributed by atoms with E-state index in [0.29, 0.717) is 24.8 Å². The van der Waals surface area contributed by atoms with Crippen LogP contribution in [-0.2, 0) is 23.3 Å². The zero-order valence-electron chi connectivity index (χ0n) is 23.8. The number of nitrogens with one attached hydrogen (secondary N) is 1. The van der Waals surface area contributed by atoms with E-state index in [1.165, 1.54) is 27.4 Å². The highest BCUT2D eigenvalue weighted by molar-refractivity contribution is 6.09. The number of hydrogen-bond acceptors (Lipinski definition) is 5. The van der Waals surface area contributed by atoms with Gasteiger partial charge < -0.3 is 14.4 Å². The van der Waals surface area contributed by atoms with Gasteiger partial charge in [0.2, 0.25) is 17.6 Å². The smallest absolute Gasteiger partial charge is 0.241 e. The maximum Gasteiger partial charge on any atom is 0.241 e. The molecule has 40 heavy (non-hydrogen) atoms. The second-order valence-corrected chi connectivity index (χ2v) is 11.9. The van der Waals surface area contributed by atoms with Crippen LogP contribution in [0.25, 0.3) is 33.2 Å². The van der Waals surface area contributed by atoms with Crippen LogP contribution in [-0.4, -0.2) is 38.6 Å². The molecule has 6 rings (SSSR count). The highest BCUT2D eigenvalue weighted by atomic mass is 16.5. The molecule has 1 unspecified atom stereocenters. The van der Waals surface area contributed by atoms with Gasteiger partial charge in [0.15, 0.2) is 0 Å². The number of fused-ring (bicyclic) bond motifs is 3. The van der Waals surface area contributed by atoms with Gasteiger partial charge in [-0.25, -0.2) is 0 Å². The summed E-state index contributed by atoms with van der Waals surface area (Å²) < 4.78 is 7.91. The molecule has 1 atom stereocenters. The largest absolute Gasteiger partial charge is 0.341 e. The summed E-state index contributed by atoms with van der Waals surface area (Å²) in [6.45, 7) is 11.8. The Labute approximate surface area is 235 Å². The third kappa shape index (κ3) is 5.13. The van der Waals surface area contributed by atoms with Crippen LogP contribution in [0, 0.1) is 5.92 Å². The summed E-state index contributed by atoms with van der Waals surface area (Å²) in [5, 5.41) is 9.79. The predicted octanol–water partition coefficient (Wildman–Crippen LogP) is 7.01. The van der Waals surface area contributed by atoms with Gasteiger partial charge in [-0.15, -0.1) is 0 Å². The fraction of sp³-hybridized carbons (Fsp3) is 0.364. The van der Waals surface area contributed by atoms with Gasteiger partial charge in [-0.05, 0) is 61.6 Å². The van der Waals surface area contributed by atoms with Crippen molar-refractivity contribution in [1.29, 1.82) is 0 Å². The Morgan fingerprint density at radius 3 is 2.58 bits per heavy atom. The SMILES string of the molecule is CCn1c2ccccc2c2cc(NC(=O)C3CCCN(Cc4nc(-c5ccc(C(C)(C)C)cc5)no4)C3)ccc21. The second kappa shape index (κ2) is 10.5. The topological polar surface area (TPSA) is 76.2 Å². The number of benzene rings is 3. The van der Waals surface area contributed by atoms with Crippen molar-refractivity contribution in [3.8, 4) is 11.4 Å². The quantitative estimate of drug-likeness (QED) is 0.253. The Morgan fingerprint density at radius 2 is 1.80 bits per heavy atom. The number of amides is 1. The van der Waals surface area contributed by atoms with Crippen LogP contribution in [0.5, 0.6) is 0 Å². The highest BCUT2D eigenvalue weighted by Crippen LogP contribution is 2.31. The van der Waals surface area contributed by atoms with Gasteiger partial charge in [0.25, 0.3) is 0 Å². The van der Waals surface area contributed by atoms with Gasteiger partial charge in [-0.3, -0.25) is 9.69 Å². The number of carbonyl (C=O) groups excluding carboxylic acids is 1. The summed E-state index contributed by atoms with van der Waals surface area (Å²) >= 11 is 0. The summed E-state index contributed by atoms with van der Waals surface area (Å²) in [5.74, 6) is 1.15. The van der Waals surface area contributed by atoms with E-state index in [4.69, 9.17) is 4.52 Å². The van der Waals surface area contributed by atoms with E-state index in [1.807, 2.05) is 18.2 Å². The number of anilines is 1. The van der Waals surface area contributed by atoms with Gasteiger partial charge in [0, 0.05) is 46.1 Å². The summed E-state index contributed by atoms with van der Waals surface area (Å²) in [6.07, 6.45) is 1.82. The standard InChI is InChI=1S/C33H37N5O2/c1-5-38-28-11-7-6-10-26(28)27-19-25(16-17-29(27)38)34-32(39)23-9-8-18-37(20-23)21-30-35-31(36-40-30)22-12-14-24(15-13-22)33(2,3)4/h6-7,10-17,19,23H,5,8-9,18,20-21H2,1-4H3,(H,34,39). The molecule has 7 nitrogen and oxygen atoms in total. The van der Waals surface area contributed by atoms with E-state index >= 15 is 0 Å². The minimum atomic E-state index is -0.0891. The number of carbonyl (C=O) groups is 1. The van der Waals surface area contributed by atoms with Crippen LogP contribution in [0.1, 0.15) is 52.0 Å². The molecule has 3 heterocycles. The lowest BCUT2D eigenvalue weighted by atomic mass is 9.87. The monoisotopic (exact) mass is 535 g/mol. The Morgan fingerprint density at radius 1 is 1.02 bits per heavy atom. The third-order valence-electron chi connectivity index (χ3n) is 8.07. The Bertz CT molecular complexity index is 1660. The number of aromatic nitrogens is 3. The van der Waals surface area contributed by atoms with Gasteiger partial charge in [-0.1, -0.05) is 68.4 Å². The summed E-state index contributed by atoms with van der Waals surface area (Å²) in [4.78, 5) is 20.2. The molecule has 1 fully saturated rings. The molecule has 7 heteroatoms. The van der Waals surface area contributed by atoms with E-state index in [1.54, 1.807) is 0 Å². The first-order chi connectivity index (χ1) is 19.3. The zero-order chi connectivity index (χ0) is 27.9. The fourth-order valence-corrected chi connectivity index (χ4v) is 5.88. The number of likely N-dealkylation sites (tertiary alicyclic amines) is 1. The maximum absolute atomic E-state index is 13.3. The number of hydrogen-bond donors (Lipinski definition) is 1. The van der Waals surface area contributed by atoms with E-state index < -0.39 is 0 Å². The average molecular weight is 536 g/mol. The number of nitrogens with zero attached hydrogens (tertiary/aromatic N) is 4. The average Bonchev–Trinajstić information content (AvgIpc) is 3.55. The Balaban J connectivity index is 1.11. The van der Waals surface area contributed by atoms with E-state index in [2.05, 4.69) is 101 Å². The molecule has 0 bridgehead atoms. The molecule has 0 saturated carbocycles. The van der Waals surface area contributed by atoms with Crippen molar-refractivity contribution in [3.05, 3.63) is 78.2 Å². The maximum atomic E-state index is 13.3. The minimum absolute atomic E-state index is 0.0634. The summed E-state index contributed by atoms with van der Waals surface area (Å²) in [5.41, 5.74) is 5.56. The van der Waals surface area contributed by atoms with Crippen molar-refractivity contribution in [2.45, 2.75) is 59.0 Å². The number of piperidine rings is 1. The van der Waals surface area contributed by atoms with E-state index in [9.17, 15) is 4.79 Å². The molecule has 3 aromatic carbocycles. The van der Waals surface area contributed by atoms with Crippen LogP contribution in [0.2, 0.25) is 0 Å². The van der Waals surface area contributed by atoms with Crippen molar-refractivity contribution >= 4 is 33.4 Å². The first kappa shape index (κ1) is 26.3. The Hall–Kier alpha value is -3.97. The highest BCUT2D eigenvalue weighted by Gasteiger charge is 2.27. The van der Waals surface area contributed by atoms with Gasteiger partial charge in [0.1, 0.15) is 0 Å². The lowest BCUT2D eigenvalue weighted by molar-refractivity contribution is -0.121. The summed E-state index contributed by atoms with van der Waals surface area (Å²) in [7, 11) is 0. The lowest BCUT2D eigenvalue weighted by Crippen LogP contribution is -2.40. The molecular weight excluding hydrogens is 498 g/mol. The van der Waals surface area contributed by atoms with Crippen molar-refractivity contribution in [2.24, 2.45) is 5.92 Å². The van der Waals surface area contributed by atoms with Crippen LogP contribution in [0.15, 0.2) is 71.3 Å². The number of para-hydroxylation sites is 1. The fourth-order valence-electron chi connectivity index (χ4n) is 5.88. The van der Waals surface area contributed by atoms with Crippen molar-refractivity contribution < 1.29 is 9.32 Å². The van der Waals surface area contributed by atoms with Crippen LogP contribution in [0.4, 0.5) is 5.69 Å². The Kier molecular flexibility index (Phi) is 6.92. The second-order valence-electron chi connectivity index (χ2n) is 11.9. The van der Waals surface area contributed by atoms with Gasteiger partial charge in [0.05, 0.1) is 12.5 Å². The molecular formula is C33H37N5O2. The molecule has 5 aromatic rings. The van der Waals surface area contributed by atoms with E-state index in [-0.39, 0.29) is 17.2 Å². The van der Waals surface area contributed by atoms with Crippen LogP contribution < -0.4 is 5.32 Å². The van der Waals surface area contributed by atoms with Crippen molar-refractivity contribution in [3.63, 3.8) is 0 Å². The predicted molar refractivity (Wildman–Crippen MR) is 160 cm³/mol. The normalized spacial score (nSPS) is 16.6. The summed E-state index contributed by atoms with van der Waals surface area (Å²) in [6, 6.07) is 23.0. The molecule has 0 radical (unpaired) electrons. The van der Waals surface area contributed by atoms with Gasteiger partial charge >= 0.3 is 0 Å². The van der Waals surface area contributed by atoms with Gasteiger partial charge in [-0.2, -0.15) is 4.98 Å². The molecule has 0 spiro atoms. The van der Waals surface area contributed by atoms with Crippen molar-refractivity contribution in [1.82, 2.24) is 19.6 Å². The number of aryl methyl sites for hydroxylation is 1. The van der Waals surface area contributed by atoms with Crippen molar-refractivity contribution in [2.75, 3.05) is 18.4 Å². The molecule has 1 saturated heterocycles. The molecule has 206 valence electrons. The lowest BCUT2D eigenvalue weighted by Gasteiger charge is -2.30. The van der Waals surface area contributed by atoms with Crippen LogP contribution in [0.3, 0.4) is 0 Å². The molecule has 2 aromatic heterocycles. The third-order valence-corrected chi connectivity index (χ3v) is 8.07. The van der Waals surface area contributed by atoms with E-state index in [0.717, 1.165) is 37.2 Å². The zero-order valence-corrected chi connectivity index (χ0v) is 23.8. The number of rotatable bonds is 6. The molecule has 0 aliphatic carbocycles. The minimum Gasteiger partial charge on any atom is -0.341 e. The first-order valence-corrected chi connectivity index (χ1v) is 14.3. The van der Waals surface area contributed by atoms with Crippen LogP contribution >= 0.6 is 0 Å². The molecule has 1 aliphatic heterocycles. The molecule has 1 aliphatic rings. The molecule has 1 N–H and O–H groups in total. The molecule has 1 amide bonds. The first-order valence-electron chi connectivity index (χ1n) is 14.3.